The van der Waals surface area contributed by atoms with E-state index in [4.69, 9.17) is 4.74 Å². The zero-order chi connectivity index (χ0) is 15.0. The summed E-state index contributed by atoms with van der Waals surface area (Å²) in [4.78, 5) is 23.5. The summed E-state index contributed by atoms with van der Waals surface area (Å²) < 4.78 is 4.74. The Bertz CT molecular complexity index is 434. The molecular formula is C15H22N2O3. The van der Waals surface area contributed by atoms with Crippen molar-refractivity contribution in [3.63, 3.8) is 0 Å². The van der Waals surface area contributed by atoms with Gasteiger partial charge in [0.2, 0.25) is 0 Å². The lowest BCUT2D eigenvalue weighted by Gasteiger charge is -2.19. The highest BCUT2D eigenvalue weighted by atomic mass is 16.5. The minimum atomic E-state index is -0.688. The summed E-state index contributed by atoms with van der Waals surface area (Å²) in [6.45, 7) is 3.89. The predicted octanol–water partition coefficient (Wildman–Crippen LogP) is 1.87. The van der Waals surface area contributed by atoms with Crippen LogP contribution >= 0.6 is 0 Å². The number of amides is 2. The van der Waals surface area contributed by atoms with E-state index < -0.39 is 12.0 Å². The minimum absolute atomic E-state index is 0.0602. The number of nitrogens with one attached hydrogen (secondary N) is 2. The first-order valence-electron chi connectivity index (χ1n) is 6.75. The van der Waals surface area contributed by atoms with Gasteiger partial charge in [-0.25, -0.2) is 9.59 Å². The fourth-order valence-electron chi connectivity index (χ4n) is 1.71. The van der Waals surface area contributed by atoms with E-state index in [-0.39, 0.29) is 12.1 Å². The van der Waals surface area contributed by atoms with Gasteiger partial charge in [0.25, 0.3) is 0 Å². The fraction of sp³-hybridized carbons (Fsp3) is 0.467. The van der Waals surface area contributed by atoms with Crippen molar-refractivity contribution in [2.75, 3.05) is 7.11 Å². The number of ether oxygens (including phenoxy) is 1. The second kappa shape index (κ2) is 8.19. The lowest BCUT2D eigenvalue weighted by atomic mass is 10.1. The summed E-state index contributed by atoms with van der Waals surface area (Å²) in [6.07, 6.45) is 1.23. The molecule has 0 fully saturated rings. The maximum Gasteiger partial charge on any atom is 0.328 e. The van der Waals surface area contributed by atoms with Gasteiger partial charge in [-0.05, 0) is 18.9 Å². The predicted molar refractivity (Wildman–Crippen MR) is 77.4 cm³/mol. The summed E-state index contributed by atoms with van der Waals surface area (Å²) in [5.41, 5.74) is 0.965. The van der Waals surface area contributed by atoms with E-state index in [1.54, 1.807) is 0 Å². The molecule has 0 heterocycles. The first kappa shape index (κ1) is 16.0. The van der Waals surface area contributed by atoms with E-state index in [1.807, 2.05) is 44.2 Å². The Morgan fingerprint density at radius 2 is 1.85 bits per heavy atom. The van der Waals surface area contributed by atoms with Crippen molar-refractivity contribution in [2.45, 2.75) is 38.8 Å². The van der Waals surface area contributed by atoms with Crippen molar-refractivity contribution in [2.24, 2.45) is 0 Å². The van der Waals surface area contributed by atoms with E-state index in [2.05, 4.69) is 10.6 Å². The third kappa shape index (κ3) is 5.30. The molecular weight excluding hydrogens is 256 g/mol. The second-order valence-corrected chi connectivity index (χ2v) is 4.69. The number of esters is 1. The Kier molecular flexibility index (Phi) is 6.56. The van der Waals surface area contributed by atoms with E-state index in [0.29, 0.717) is 6.42 Å². The maximum atomic E-state index is 11.8. The van der Waals surface area contributed by atoms with Crippen molar-refractivity contribution < 1.29 is 14.3 Å². The number of carbonyl (C=O) groups excluding carboxylic acids is 2. The Hall–Kier alpha value is -2.04. The average molecular weight is 278 g/mol. The summed E-state index contributed by atoms with van der Waals surface area (Å²) in [7, 11) is 1.31. The van der Waals surface area contributed by atoms with Gasteiger partial charge in [-0.1, -0.05) is 37.3 Å². The summed E-state index contributed by atoms with van der Waals surface area (Å²) >= 11 is 0. The normalized spacial score (nSPS) is 13.2. The number of methoxy groups -OCH3 is 1. The minimum Gasteiger partial charge on any atom is -0.467 e. The Morgan fingerprint density at radius 1 is 1.20 bits per heavy atom. The molecule has 5 heteroatoms. The molecule has 2 amide bonds. The molecule has 20 heavy (non-hydrogen) atoms. The molecule has 0 aromatic heterocycles. The van der Waals surface area contributed by atoms with Crippen LogP contribution in [0.2, 0.25) is 0 Å². The summed E-state index contributed by atoms with van der Waals surface area (Å²) in [5, 5.41) is 5.42. The maximum absolute atomic E-state index is 11.8. The van der Waals surface area contributed by atoms with Gasteiger partial charge in [0.1, 0.15) is 6.04 Å². The molecule has 0 spiro atoms. The van der Waals surface area contributed by atoms with Crippen LogP contribution in [0.15, 0.2) is 30.3 Å². The van der Waals surface area contributed by atoms with Crippen molar-refractivity contribution in [1.82, 2.24) is 10.6 Å². The van der Waals surface area contributed by atoms with Crippen LogP contribution in [-0.4, -0.2) is 31.2 Å². The molecule has 0 aliphatic rings. The zero-order valence-electron chi connectivity index (χ0n) is 12.2. The molecule has 1 aromatic rings. The molecule has 110 valence electrons. The molecule has 0 saturated heterocycles. The lowest BCUT2D eigenvalue weighted by Crippen LogP contribution is -2.49. The van der Waals surface area contributed by atoms with Crippen molar-refractivity contribution in [3.8, 4) is 0 Å². The van der Waals surface area contributed by atoms with E-state index >= 15 is 0 Å². The molecule has 2 atom stereocenters. The Balaban J connectivity index is 2.65. The van der Waals surface area contributed by atoms with Gasteiger partial charge in [-0.2, -0.15) is 0 Å². The molecule has 1 aromatic carbocycles. The van der Waals surface area contributed by atoms with Gasteiger partial charge < -0.3 is 15.4 Å². The van der Waals surface area contributed by atoms with Crippen LogP contribution in [0.25, 0.3) is 0 Å². The van der Waals surface area contributed by atoms with Crippen LogP contribution in [0.1, 0.15) is 25.8 Å². The van der Waals surface area contributed by atoms with Crippen molar-refractivity contribution >= 4 is 12.0 Å². The zero-order valence-corrected chi connectivity index (χ0v) is 12.2. The van der Waals surface area contributed by atoms with Gasteiger partial charge >= 0.3 is 12.0 Å². The van der Waals surface area contributed by atoms with Gasteiger partial charge in [0.15, 0.2) is 0 Å². The third-order valence-corrected chi connectivity index (χ3v) is 3.06. The fourth-order valence-corrected chi connectivity index (χ4v) is 1.71. The Labute approximate surface area is 119 Å². The van der Waals surface area contributed by atoms with Crippen LogP contribution < -0.4 is 10.6 Å². The second-order valence-electron chi connectivity index (χ2n) is 4.69. The van der Waals surface area contributed by atoms with Gasteiger partial charge in [-0.15, -0.1) is 0 Å². The highest BCUT2D eigenvalue weighted by molar-refractivity contribution is 5.83. The molecule has 0 saturated carbocycles. The molecule has 0 bridgehead atoms. The molecule has 0 unspecified atom stereocenters. The summed E-state index contributed by atoms with van der Waals surface area (Å²) in [5.74, 6) is -0.451. The number of hydrogen-bond donors (Lipinski definition) is 2. The number of hydrogen-bond acceptors (Lipinski definition) is 3. The topological polar surface area (TPSA) is 67.4 Å². The standard InChI is InChI=1S/C15H22N2O3/c1-4-11(2)16-15(19)17-13(14(18)20-3)10-12-8-6-5-7-9-12/h5-9,11,13H,4,10H2,1-3H3,(H2,16,17,19)/t11-,13+/m1/s1. The van der Waals surface area contributed by atoms with E-state index in [9.17, 15) is 9.59 Å². The number of carbonyl (C=O) groups is 2. The smallest absolute Gasteiger partial charge is 0.328 e. The number of urea groups is 1. The van der Waals surface area contributed by atoms with Gasteiger partial charge in [-0.3, -0.25) is 0 Å². The first-order chi connectivity index (χ1) is 9.56. The Morgan fingerprint density at radius 3 is 2.40 bits per heavy atom. The number of rotatable bonds is 6. The number of benzene rings is 1. The molecule has 0 radical (unpaired) electrons. The van der Waals surface area contributed by atoms with Crippen molar-refractivity contribution in [3.05, 3.63) is 35.9 Å². The van der Waals surface area contributed by atoms with Crippen LogP contribution in [0.3, 0.4) is 0 Å². The highest BCUT2D eigenvalue weighted by Crippen LogP contribution is 2.04. The molecule has 0 aliphatic heterocycles. The largest absolute Gasteiger partial charge is 0.467 e. The van der Waals surface area contributed by atoms with Crippen LogP contribution in [0, 0.1) is 0 Å². The monoisotopic (exact) mass is 278 g/mol. The average Bonchev–Trinajstić information content (AvgIpc) is 2.46. The molecule has 1 rings (SSSR count). The first-order valence-corrected chi connectivity index (χ1v) is 6.75. The quantitative estimate of drug-likeness (QED) is 0.781. The van der Waals surface area contributed by atoms with Crippen molar-refractivity contribution in [1.29, 1.82) is 0 Å². The van der Waals surface area contributed by atoms with Crippen LogP contribution in [-0.2, 0) is 16.0 Å². The third-order valence-electron chi connectivity index (χ3n) is 3.06. The van der Waals surface area contributed by atoms with Gasteiger partial charge in [0, 0.05) is 12.5 Å². The van der Waals surface area contributed by atoms with E-state index in [0.717, 1.165) is 12.0 Å². The SMILES string of the molecule is CC[C@@H](C)NC(=O)N[C@@H](Cc1ccccc1)C(=O)OC. The summed E-state index contributed by atoms with van der Waals surface area (Å²) in [6, 6.07) is 8.52. The molecule has 0 aliphatic carbocycles. The van der Waals surface area contributed by atoms with E-state index in [1.165, 1.54) is 7.11 Å². The van der Waals surface area contributed by atoms with Crippen LogP contribution in [0.5, 0.6) is 0 Å². The molecule has 2 N–H and O–H groups in total. The molecule has 5 nitrogen and oxygen atoms in total. The highest BCUT2D eigenvalue weighted by Gasteiger charge is 2.22. The lowest BCUT2D eigenvalue weighted by molar-refractivity contribution is -0.142. The van der Waals surface area contributed by atoms with Crippen LogP contribution in [0.4, 0.5) is 4.79 Å². The van der Waals surface area contributed by atoms with Gasteiger partial charge in [0.05, 0.1) is 7.11 Å².